The highest BCUT2D eigenvalue weighted by atomic mass is 127. The maximum absolute atomic E-state index is 15.5. The molecule has 2 fully saturated rings. The maximum atomic E-state index is 15.5. The molecule has 4 unspecified atom stereocenters. The van der Waals surface area contributed by atoms with E-state index in [1.54, 1.807) is 6.08 Å². The number of ether oxygens (including phenoxy) is 2. The minimum atomic E-state index is -4.54. The molecule has 192 valence electrons. The van der Waals surface area contributed by atoms with Crippen LogP contribution in [0.4, 0.5) is 17.6 Å². The third-order valence-electron chi connectivity index (χ3n) is 7.46. The predicted octanol–water partition coefficient (Wildman–Crippen LogP) is 6.19. The van der Waals surface area contributed by atoms with Crippen molar-refractivity contribution in [3.63, 3.8) is 0 Å². The van der Waals surface area contributed by atoms with E-state index in [2.05, 4.69) is 27.3 Å². The van der Waals surface area contributed by atoms with Crippen LogP contribution in [0.3, 0.4) is 0 Å². The number of unbranched alkanes of at least 4 members (excludes halogenated alkanes) is 1. The summed E-state index contributed by atoms with van der Waals surface area (Å²) in [6.45, 7) is 4.82. The molecule has 33 heavy (non-hydrogen) atoms. The second-order valence-electron chi connectivity index (χ2n) is 9.78. The number of esters is 1. The number of aliphatic hydroxyl groups excluding tert-OH is 1. The summed E-state index contributed by atoms with van der Waals surface area (Å²) in [5.74, 6) is -1.00. The fourth-order valence-corrected chi connectivity index (χ4v) is 6.13. The Hall–Kier alpha value is -0.420. The zero-order valence-corrected chi connectivity index (χ0v) is 21.9. The molecule has 0 radical (unpaired) electrons. The third-order valence-corrected chi connectivity index (χ3v) is 8.79. The molecular formula is C24H37F4IO4. The topological polar surface area (TPSA) is 55.8 Å². The molecule has 1 saturated carbocycles. The number of hydrogen-bond donors (Lipinski definition) is 1. The molecule has 0 spiro atoms. The molecule has 1 heterocycles. The Kier molecular flexibility index (Phi) is 10.5. The van der Waals surface area contributed by atoms with Crippen LogP contribution in [0, 0.1) is 23.2 Å². The van der Waals surface area contributed by atoms with Gasteiger partial charge in [0.1, 0.15) is 12.3 Å². The van der Waals surface area contributed by atoms with Crippen LogP contribution in [0.25, 0.3) is 0 Å². The van der Waals surface area contributed by atoms with Gasteiger partial charge in [0, 0.05) is 16.3 Å². The van der Waals surface area contributed by atoms with Crippen molar-refractivity contribution in [3.05, 3.63) is 12.2 Å². The molecular weight excluding hydrogens is 555 g/mol. The predicted molar refractivity (Wildman–Crippen MR) is 127 cm³/mol. The van der Waals surface area contributed by atoms with Crippen molar-refractivity contribution in [3.8, 4) is 0 Å². The van der Waals surface area contributed by atoms with Gasteiger partial charge in [-0.3, -0.25) is 4.79 Å². The van der Waals surface area contributed by atoms with Gasteiger partial charge in [-0.2, -0.15) is 13.2 Å². The van der Waals surface area contributed by atoms with Crippen LogP contribution in [0.5, 0.6) is 0 Å². The molecule has 9 atom stereocenters. The van der Waals surface area contributed by atoms with Crippen LogP contribution in [-0.4, -0.2) is 52.8 Å². The highest BCUT2D eigenvalue weighted by Gasteiger charge is 2.56. The molecule has 1 aliphatic heterocycles. The first kappa shape index (κ1) is 28.8. The standard InChI is InChI=1S/C24H37F4IO4/c1-5-6-12-23(3,24(26,27)28)18(30)11-10-15-14(2)13-17-20(15)21(25)22(33-17)16(29)8-7-9-19(31)32-4/h10-11,14-18,20-22,30H,5-9,12-13H2,1-4H3/b11-10+/t14-,15+,16?,17+,18-,20-,21?,22?,23?/m1/s1. The summed E-state index contributed by atoms with van der Waals surface area (Å²) in [5, 5.41) is 10.5. The van der Waals surface area contributed by atoms with E-state index in [0.717, 1.165) is 6.92 Å². The van der Waals surface area contributed by atoms with E-state index in [1.165, 1.54) is 13.2 Å². The van der Waals surface area contributed by atoms with Gasteiger partial charge in [0.25, 0.3) is 0 Å². The first-order valence-electron chi connectivity index (χ1n) is 11.8. The molecule has 0 bridgehead atoms. The van der Waals surface area contributed by atoms with Gasteiger partial charge in [-0.15, -0.1) is 0 Å². The quantitative estimate of drug-likeness (QED) is 0.102. The third kappa shape index (κ3) is 6.63. The van der Waals surface area contributed by atoms with Crippen molar-refractivity contribution in [2.45, 2.75) is 100 Å². The van der Waals surface area contributed by atoms with Crippen molar-refractivity contribution in [1.29, 1.82) is 0 Å². The Bertz CT molecular complexity index is 673. The lowest BCUT2D eigenvalue weighted by molar-refractivity contribution is -0.244. The highest BCUT2D eigenvalue weighted by molar-refractivity contribution is 14.1. The van der Waals surface area contributed by atoms with Gasteiger partial charge in [-0.25, -0.2) is 4.39 Å². The number of hydrogen-bond acceptors (Lipinski definition) is 4. The van der Waals surface area contributed by atoms with Crippen molar-refractivity contribution in [2.75, 3.05) is 7.11 Å². The fourth-order valence-electron chi connectivity index (χ4n) is 5.13. The van der Waals surface area contributed by atoms with Gasteiger partial charge in [-0.1, -0.05) is 61.4 Å². The lowest BCUT2D eigenvalue weighted by Crippen LogP contribution is -2.44. The Morgan fingerprint density at radius 2 is 2.00 bits per heavy atom. The molecule has 0 aromatic heterocycles. The number of alkyl halides is 5. The zero-order valence-electron chi connectivity index (χ0n) is 19.8. The molecule has 4 nitrogen and oxygen atoms in total. The molecule has 2 aliphatic rings. The van der Waals surface area contributed by atoms with Crippen LogP contribution in [0.1, 0.15) is 65.7 Å². The van der Waals surface area contributed by atoms with E-state index in [4.69, 9.17) is 4.74 Å². The summed E-state index contributed by atoms with van der Waals surface area (Å²) in [6, 6.07) is 0. The monoisotopic (exact) mass is 592 g/mol. The SMILES string of the molecule is CCCCC(C)([C@H](O)/C=C/[C@@H]1[C@H]2C(F)C(C(I)CCCC(=O)OC)O[C@H]2C[C@H]1C)C(F)(F)F. The van der Waals surface area contributed by atoms with Crippen LogP contribution in [-0.2, 0) is 14.3 Å². The van der Waals surface area contributed by atoms with E-state index >= 15 is 4.39 Å². The number of carbonyl (C=O) groups is 1. The lowest BCUT2D eigenvalue weighted by atomic mass is 9.77. The van der Waals surface area contributed by atoms with Gasteiger partial charge >= 0.3 is 12.1 Å². The van der Waals surface area contributed by atoms with Crippen molar-refractivity contribution in [1.82, 2.24) is 0 Å². The fraction of sp³-hybridized carbons (Fsp3) is 0.875. The number of carbonyl (C=O) groups excluding carboxylic acids is 1. The van der Waals surface area contributed by atoms with Gasteiger partial charge in [-0.05, 0) is 44.4 Å². The molecule has 1 N–H and O–H groups in total. The molecule has 1 saturated heterocycles. The van der Waals surface area contributed by atoms with Gasteiger partial charge in [0.15, 0.2) is 0 Å². The van der Waals surface area contributed by atoms with E-state index < -0.39 is 35.9 Å². The average Bonchev–Trinajstić information content (AvgIpc) is 3.23. The maximum Gasteiger partial charge on any atom is 0.397 e. The number of halogens is 5. The van der Waals surface area contributed by atoms with Crippen molar-refractivity contribution >= 4 is 28.6 Å². The minimum Gasteiger partial charge on any atom is -0.469 e. The summed E-state index contributed by atoms with van der Waals surface area (Å²) in [6.07, 6.45) is -2.70. The first-order chi connectivity index (χ1) is 15.4. The van der Waals surface area contributed by atoms with Crippen LogP contribution < -0.4 is 0 Å². The van der Waals surface area contributed by atoms with E-state index in [1.807, 2.05) is 13.8 Å². The second-order valence-corrected chi connectivity index (χ2v) is 11.4. The Labute approximate surface area is 208 Å². The summed E-state index contributed by atoms with van der Waals surface area (Å²) in [4.78, 5) is 11.3. The number of rotatable bonds is 11. The van der Waals surface area contributed by atoms with Crippen LogP contribution in [0.2, 0.25) is 0 Å². The van der Waals surface area contributed by atoms with Crippen LogP contribution >= 0.6 is 22.6 Å². The molecule has 1 aliphatic carbocycles. The highest BCUT2D eigenvalue weighted by Crippen LogP contribution is 2.51. The first-order valence-corrected chi connectivity index (χ1v) is 13.1. The number of fused-ring (bicyclic) bond motifs is 1. The Balaban J connectivity index is 2.07. The molecule has 9 heteroatoms. The van der Waals surface area contributed by atoms with Gasteiger partial charge in [0.05, 0.1) is 24.7 Å². The average molecular weight is 592 g/mol. The largest absolute Gasteiger partial charge is 0.469 e. The van der Waals surface area contributed by atoms with Crippen LogP contribution in [0.15, 0.2) is 12.2 Å². The minimum absolute atomic E-state index is 0.0439. The Morgan fingerprint density at radius 3 is 2.58 bits per heavy atom. The van der Waals surface area contributed by atoms with E-state index in [0.29, 0.717) is 32.1 Å². The summed E-state index contributed by atoms with van der Waals surface area (Å²) in [7, 11) is 1.33. The van der Waals surface area contributed by atoms with Crippen molar-refractivity contribution < 1.29 is 36.9 Å². The lowest BCUT2D eigenvalue weighted by Gasteiger charge is -2.35. The Morgan fingerprint density at radius 1 is 1.33 bits per heavy atom. The second kappa shape index (κ2) is 12.0. The summed E-state index contributed by atoms with van der Waals surface area (Å²) in [5.41, 5.74) is -2.24. The molecule has 2 rings (SSSR count). The van der Waals surface area contributed by atoms with Crippen molar-refractivity contribution in [2.24, 2.45) is 23.2 Å². The van der Waals surface area contributed by atoms with E-state index in [9.17, 15) is 23.1 Å². The zero-order chi connectivity index (χ0) is 25.0. The molecule has 0 amide bonds. The number of allylic oxidation sites excluding steroid dienone is 1. The normalized spacial score (nSPS) is 33.6. The molecule has 0 aromatic carbocycles. The summed E-state index contributed by atoms with van der Waals surface area (Å²) < 4.78 is 67.3. The summed E-state index contributed by atoms with van der Waals surface area (Å²) >= 11 is 2.15. The number of aliphatic hydroxyl groups is 1. The van der Waals surface area contributed by atoms with E-state index in [-0.39, 0.29) is 40.7 Å². The number of methoxy groups -OCH3 is 1. The molecule has 0 aromatic rings. The smallest absolute Gasteiger partial charge is 0.397 e. The van der Waals surface area contributed by atoms with Gasteiger partial charge < -0.3 is 14.6 Å². The van der Waals surface area contributed by atoms with Gasteiger partial charge in [0.2, 0.25) is 0 Å².